The molecule has 96 valence electrons. The van der Waals surface area contributed by atoms with Gasteiger partial charge >= 0.3 is 0 Å². The van der Waals surface area contributed by atoms with Gasteiger partial charge in [0.2, 0.25) is 0 Å². The van der Waals surface area contributed by atoms with Crippen molar-refractivity contribution < 1.29 is 4.39 Å². The van der Waals surface area contributed by atoms with Crippen molar-refractivity contribution in [1.82, 2.24) is 5.32 Å². The second kappa shape index (κ2) is 7.34. The molecule has 0 aliphatic carbocycles. The van der Waals surface area contributed by atoms with E-state index in [2.05, 4.69) is 35.1 Å². The van der Waals surface area contributed by atoms with Gasteiger partial charge in [-0.15, -0.1) is 0 Å². The Morgan fingerprint density at radius 3 is 2.82 bits per heavy atom. The largest absolute Gasteiger partial charge is 0.314 e. The molecular weight excluding hydrogens is 305 g/mol. The number of aryl methyl sites for hydroxylation is 1. The topological polar surface area (TPSA) is 12.0 Å². The molecule has 0 spiro atoms. The summed E-state index contributed by atoms with van der Waals surface area (Å²) in [6, 6.07) is 3.99. The molecule has 0 aliphatic heterocycles. The molecule has 1 nitrogen and oxygen atoms in total. The van der Waals surface area contributed by atoms with Gasteiger partial charge in [0.15, 0.2) is 0 Å². The molecule has 0 amide bonds. The lowest BCUT2D eigenvalue weighted by Gasteiger charge is -2.13. The van der Waals surface area contributed by atoms with Crippen LogP contribution in [0.1, 0.15) is 32.3 Å². The molecule has 0 bridgehead atoms. The maximum Gasteiger partial charge on any atom is 0.146 e. The van der Waals surface area contributed by atoms with E-state index in [-0.39, 0.29) is 10.8 Å². The highest BCUT2D eigenvalue weighted by Crippen LogP contribution is 2.28. The minimum absolute atomic E-state index is 0.177. The predicted octanol–water partition coefficient (Wildman–Crippen LogP) is 4.56. The molecule has 0 heterocycles. The summed E-state index contributed by atoms with van der Waals surface area (Å²) in [6.45, 7) is 5.26. The molecule has 0 radical (unpaired) electrons. The van der Waals surface area contributed by atoms with Crippen molar-refractivity contribution in [1.29, 1.82) is 0 Å². The Labute approximate surface area is 116 Å². The van der Waals surface area contributed by atoms with Crippen molar-refractivity contribution in [2.45, 2.75) is 39.2 Å². The van der Waals surface area contributed by atoms with Crippen LogP contribution < -0.4 is 5.32 Å². The summed E-state index contributed by atoms with van der Waals surface area (Å²) in [7, 11) is 0. The Morgan fingerprint density at radius 2 is 2.18 bits per heavy atom. The lowest BCUT2D eigenvalue weighted by Crippen LogP contribution is -2.27. The Morgan fingerprint density at radius 1 is 1.47 bits per heavy atom. The molecule has 0 fully saturated rings. The van der Waals surface area contributed by atoms with Crippen LogP contribution in [0.4, 0.5) is 4.39 Å². The molecule has 0 saturated carbocycles. The molecule has 1 atom stereocenters. The van der Waals surface area contributed by atoms with E-state index in [1.165, 1.54) is 0 Å². The van der Waals surface area contributed by atoms with E-state index in [4.69, 9.17) is 11.6 Å². The fourth-order valence-electron chi connectivity index (χ4n) is 1.62. The number of benzene rings is 1. The summed E-state index contributed by atoms with van der Waals surface area (Å²) in [5.74, 6) is -0.302. The molecular formula is C13H18BrClFN. The molecule has 1 aromatic rings. The second-order valence-corrected chi connectivity index (χ2v) is 5.46. The Bertz CT molecular complexity index is 371. The highest BCUT2D eigenvalue weighted by molar-refractivity contribution is 9.10. The van der Waals surface area contributed by atoms with E-state index in [1.54, 1.807) is 12.1 Å². The van der Waals surface area contributed by atoms with Crippen LogP contribution in [0.2, 0.25) is 5.02 Å². The third kappa shape index (κ3) is 4.57. The van der Waals surface area contributed by atoms with Crippen molar-refractivity contribution in [3.63, 3.8) is 0 Å². The van der Waals surface area contributed by atoms with Gasteiger partial charge in [0.1, 0.15) is 5.82 Å². The van der Waals surface area contributed by atoms with Crippen molar-refractivity contribution in [2.75, 3.05) is 6.54 Å². The van der Waals surface area contributed by atoms with Gasteiger partial charge < -0.3 is 5.32 Å². The summed E-state index contributed by atoms with van der Waals surface area (Å²) in [5.41, 5.74) is 0.684. The van der Waals surface area contributed by atoms with Crippen LogP contribution in [0.5, 0.6) is 0 Å². The van der Waals surface area contributed by atoms with Crippen LogP contribution in [0.25, 0.3) is 0 Å². The third-order valence-corrected chi connectivity index (χ3v) is 3.96. The van der Waals surface area contributed by atoms with Crippen LogP contribution in [0, 0.1) is 5.82 Å². The first-order valence-corrected chi connectivity index (χ1v) is 7.09. The van der Waals surface area contributed by atoms with Crippen LogP contribution in [0.3, 0.4) is 0 Å². The van der Waals surface area contributed by atoms with Crippen molar-refractivity contribution in [3.05, 3.63) is 33.0 Å². The molecule has 0 aromatic heterocycles. The molecule has 1 N–H and O–H groups in total. The molecule has 17 heavy (non-hydrogen) atoms. The second-order valence-electron chi connectivity index (χ2n) is 4.23. The number of rotatable bonds is 6. The minimum Gasteiger partial charge on any atom is -0.314 e. The quantitative estimate of drug-likeness (QED) is 0.757. The fourth-order valence-corrected chi connectivity index (χ4v) is 2.11. The van der Waals surface area contributed by atoms with E-state index >= 15 is 0 Å². The highest BCUT2D eigenvalue weighted by Gasteiger charge is 2.11. The average molecular weight is 323 g/mol. The van der Waals surface area contributed by atoms with Crippen molar-refractivity contribution in [2.24, 2.45) is 0 Å². The Balaban J connectivity index is 2.55. The fraction of sp³-hybridized carbons (Fsp3) is 0.538. The number of hydrogen-bond donors (Lipinski definition) is 1. The molecule has 4 heteroatoms. The van der Waals surface area contributed by atoms with Crippen molar-refractivity contribution >= 4 is 27.5 Å². The molecule has 0 saturated heterocycles. The summed E-state index contributed by atoms with van der Waals surface area (Å²) >= 11 is 9.05. The van der Waals surface area contributed by atoms with Crippen LogP contribution in [-0.4, -0.2) is 12.6 Å². The monoisotopic (exact) mass is 321 g/mol. The normalized spacial score (nSPS) is 12.8. The van der Waals surface area contributed by atoms with Gasteiger partial charge in [0.05, 0.1) is 5.02 Å². The SMILES string of the molecule is CCCNC(C)CCc1ccc(Br)c(Cl)c1F. The smallest absolute Gasteiger partial charge is 0.146 e. The first-order chi connectivity index (χ1) is 8.06. The lowest BCUT2D eigenvalue weighted by molar-refractivity contribution is 0.506. The van der Waals surface area contributed by atoms with Crippen molar-refractivity contribution in [3.8, 4) is 0 Å². The standard InChI is InChI=1S/C13H18BrClFN/c1-3-8-17-9(2)4-5-10-6-7-11(14)12(15)13(10)16/h6-7,9,17H,3-5,8H2,1-2H3. The summed E-state index contributed by atoms with van der Waals surface area (Å²) in [4.78, 5) is 0. The Hall–Kier alpha value is -0.120. The van der Waals surface area contributed by atoms with Gasteiger partial charge in [-0.05, 0) is 60.3 Å². The van der Waals surface area contributed by atoms with E-state index in [9.17, 15) is 4.39 Å². The van der Waals surface area contributed by atoms with Crippen LogP contribution in [-0.2, 0) is 6.42 Å². The first kappa shape index (κ1) is 14.9. The molecule has 1 rings (SSSR count). The predicted molar refractivity (Wildman–Crippen MR) is 75.2 cm³/mol. The lowest BCUT2D eigenvalue weighted by atomic mass is 10.1. The van der Waals surface area contributed by atoms with Gasteiger partial charge in [0, 0.05) is 10.5 Å². The zero-order chi connectivity index (χ0) is 12.8. The van der Waals surface area contributed by atoms with Crippen LogP contribution in [0.15, 0.2) is 16.6 Å². The highest BCUT2D eigenvalue weighted by atomic mass is 79.9. The van der Waals surface area contributed by atoms with Gasteiger partial charge in [-0.3, -0.25) is 0 Å². The summed E-state index contributed by atoms with van der Waals surface area (Å²) in [5, 5.41) is 3.56. The minimum atomic E-state index is -0.302. The average Bonchev–Trinajstić information content (AvgIpc) is 2.32. The summed E-state index contributed by atoms with van der Waals surface area (Å²) in [6.07, 6.45) is 2.73. The number of hydrogen-bond acceptors (Lipinski definition) is 1. The zero-order valence-electron chi connectivity index (χ0n) is 10.2. The van der Waals surface area contributed by atoms with Gasteiger partial charge in [0.25, 0.3) is 0 Å². The van der Waals surface area contributed by atoms with Gasteiger partial charge in [-0.25, -0.2) is 4.39 Å². The summed E-state index contributed by atoms with van der Waals surface area (Å²) < 4.78 is 14.4. The van der Waals surface area contributed by atoms with E-state index in [0.717, 1.165) is 19.4 Å². The number of nitrogens with one attached hydrogen (secondary N) is 1. The molecule has 0 aliphatic rings. The maximum atomic E-state index is 13.8. The van der Waals surface area contributed by atoms with E-state index in [1.807, 2.05) is 0 Å². The van der Waals surface area contributed by atoms with Gasteiger partial charge in [-0.1, -0.05) is 24.6 Å². The first-order valence-electron chi connectivity index (χ1n) is 5.92. The molecule has 1 unspecified atom stereocenters. The maximum absolute atomic E-state index is 13.8. The third-order valence-electron chi connectivity index (χ3n) is 2.70. The van der Waals surface area contributed by atoms with Gasteiger partial charge in [-0.2, -0.15) is 0 Å². The zero-order valence-corrected chi connectivity index (χ0v) is 12.5. The van der Waals surface area contributed by atoms with Crippen LogP contribution >= 0.6 is 27.5 Å². The molecule has 1 aromatic carbocycles. The van der Waals surface area contributed by atoms with E-state index < -0.39 is 0 Å². The van der Waals surface area contributed by atoms with E-state index in [0.29, 0.717) is 22.5 Å². The number of halogens is 3. The Kier molecular flexibility index (Phi) is 6.45.